The summed E-state index contributed by atoms with van der Waals surface area (Å²) in [5.74, 6) is 0. The van der Waals surface area contributed by atoms with Gasteiger partial charge in [-0.25, -0.2) is 0 Å². The van der Waals surface area contributed by atoms with Crippen molar-refractivity contribution < 1.29 is 8.85 Å². The van der Waals surface area contributed by atoms with Gasteiger partial charge in [0.25, 0.3) is 0 Å². The van der Waals surface area contributed by atoms with Gasteiger partial charge in [0.1, 0.15) is 0 Å². The molecule has 0 bridgehead atoms. The van der Waals surface area contributed by atoms with Crippen LogP contribution in [0.3, 0.4) is 0 Å². The van der Waals surface area contributed by atoms with Crippen molar-refractivity contribution in [1.82, 2.24) is 4.90 Å². The van der Waals surface area contributed by atoms with Gasteiger partial charge >= 0.3 is 9.28 Å². The second-order valence-corrected chi connectivity index (χ2v) is 8.12. The Hall–Kier alpha value is -1.72. The second kappa shape index (κ2) is 10.3. The van der Waals surface area contributed by atoms with E-state index in [-0.39, 0.29) is 0 Å². The number of nitrogens with zero attached hydrogens (tertiary/aromatic N) is 1. The largest absolute Gasteiger partial charge is 0.423 e. The molecular weight excluding hydrogens is 326 g/mol. The molecule has 2 aromatic carbocycles. The van der Waals surface area contributed by atoms with Gasteiger partial charge in [-0.05, 0) is 55.4 Å². The molecule has 1 radical (unpaired) electrons. The van der Waals surface area contributed by atoms with E-state index in [0.29, 0.717) is 0 Å². The van der Waals surface area contributed by atoms with Gasteiger partial charge in [0.15, 0.2) is 0 Å². The molecule has 4 heteroatoms. The van der Waals surface area contributed by atoms with Crippen molar-refractivity contribution in [1.29, 1.82) is 0 Å². The first-order valence-electron chi connectivity index (χ1n) is 8.65. The third kappa shape index (κ3) is 6.25. The van der Waals surface area contributed by atoms with Gasteiger partial charge in [-0.2, -0.15) is 0 Å². The molecule has 25 heavy (non-hydrogen) atoms. The number of rotatable bonds is 10. The molecule has 133 valence electrons. The minimum absolute atomic E-state index is 0.744. The minimum atomic E-state index is -1.41. The molecule has 0 aromatic heterocycles. The lowest BCUT2D eigenvalue weighted by atomic mass is 10.00. The molecule has 0 atom stereocenters. The number of benzene rings is 2. The fourth-order valence-electron chi connectivity index (χ4n) is 2.57. The van der Waals surface area contributed by atoms with E-state index >= 15 is 0 Å². The van der Waals surface area contributed by atoms with Gasteiger partial charge in [0.2, 0.25) is 0 Å². The predicted molar refractivity (Wildman–Crippen MR) is 107 cm³/mol. The Morgan fingerprint density at radius 1 is 0.960 bits per heavy atom. The molecule has 0 saturated carbocycles. The van der Waals surface area contributed by atoms with Crippen molar-refractivity contribution in [3.05, 3.63) is 72.3 Å². The van der Waals surface area contributed by atoms with Crippen molar-refractivity contribution in [2.45, 2.75) is 12.8 Å². The van der Waals surface area contributed by atoms with Crippen molar-refractivity contribution >= 4 is 20.0 Å². The van der Waals surface area contributed by atoms with Crippen LogP contribution in [0.4, 0.5) is 0 Å². The zero-order valence-electron chi connectivity index (χ0n) is 15.5. The summed E-state index contributed by atoms with van der Waals surface area (Å²) in [5.41, 5.74) is 3.30. The zero-order chi connectivity index (χ0) is 18.1. The molecule has 0 unspecified atom stereocenters. The van der Waals surface area contributed by atoms with Gasteiger partial charge in [0, 0.05) is 13.7 Å². The third-order valence-electron chi connectivity index (χ3n) is 4.01. The molecule has 0 aliphatic carbocycles. The van der Waals surface area contributed by atoms with Crippen LogP contribution in [-0.4, -0.2) is 48.5 Å². The maximum Gasteiger partial charge on any atom is 0.423 e. The lowest BCUT2D eigenvalue weighted by Crippen LogP contribution is -2.36. The van der Waals surface area contributed by atoms with Crippen LogP contribution in [0, 0.1) is 0 Å². The summed E-state index contributed by atoms with van der Waals surface area (Å²) < 4.78 is 11.6. The quantitative estimate of drug-likeness (QED) is 0.482. The van der Waals surface area contributed by atoms with Gasteiger partial charge < -0.3 is 13.8 Å². The van der Waals surface area contributed by atoms with E-state index < -0.39 is 9.28 Å². The van der Waals surface area contributed by atoms with E-state index in [9.17, 15) is 0 Å². The Labute approximate surface area is 153 Å². The molecule has 0 aliphatic rings. The zero-order valence-corrected chi connectivity index (χ0v) is 16.5. The molecule has 2 aromatic rings. The van der Waals surface area contributed by atoms with Crippen molar-refractivity contribution in [2.75, 3.05) is 34.4 Å². The molecule has 0 spiro atoms. The number of hydrogen-bond acceptors (Lipinski definition) is 3. The molecule has 0 saturated heterocycles. The summed E-state index contributed by atoms with van der Waals surface area (Å²) in [5, 5.41) is 1.13. The minimum Gasteiger partial charge on any atom is -0.393 e. The topological polar surface area (TPSA) is 21.7 Å². The maximum atomic E-state index is 5.98. The average molecular weight is 355 g/mol. The lowest BCUT2D eigenvalue weighted by Gasteiger charge is -2.15. The van der Waals surface area contributed by atoms with Crippen LogP contribution in [0.25, 0.3) is 5.57 Å². The van der Waals surface area contributed by atoms with E-state index in [1.54, 1.807) is 7.11 Å². The molecule has 2 rings (SSSR count). The Morgan fingerprint density at radius 3 is 2.20 bits per heavy atom. The Bertz CT molecular complexity index is 641. The normalized spacial score (nSPS) is 11.2. The van der Waals surface area contributed by atoms with E-state index in [4.69, 9.17) is 8.85 Å². The maximum absolute atomic E-state index is 5.98. The van der Waals surface area contributed by atoms with Crippen LogP contribution in [0.15, 0.2) is 61.2 Å². The van der Waals surface area contributed by atoms with Crippen LogP contribution < -0.4 is 5.19 Å². The number of hydrogen-bond donors (Lipinski definition) is 0. The molecule has 3 nitrogen and oxygen atoms in total. The summed E-state index contributed by atoms with van der Waals surface area (Å²) in [6.45, 7) is 6.05. The van der Waals surface area contributed by atoms with Crippen LogP contribution in [-0.2, 0) is 8.85 Å². The van der Waals surface area contributed by atoms with Gasteiger partial charge in [-0.15, -0.1) is 0 Å². The fraction of sp³-hybridized carbons (Fsp3) is 0.333. The van der Waals surface area contributed by atoms with Gasteiger partial charge in [-0.1, -0.05) is 61.2 Å². The lowest BCUT2D eigenvalue weighted by molar-refractivity contribution is 0.231. The van der Waals surface area contributed by atoms with E-state index in [2.05, 4.69) is 62.0 Å². The predicted octanol–water partition coefficient (Wildman–Crippen LogP) is 3.45. The van der Waals surface area contributed by atoms with E-state index in [0.717, 1.165) is 47.9 Å². The molecule has 0 aliphatic heterocycles. The Morgan fingerprint density at radius 2 is 1.60 bits per heavy atom. The highest BCUT2D eigenvalue weighted by atomic mass is 28.3. The van der Waals surface area contributed by atoms with Crippen molar-refractivity contribution in [3.8, 4) is 0 Å². The standard InChI is InChI=1S/C21H28NO2Si/c1-18(19-10-6-5-7-11-19)20-12-14-21(15-13-20)25(23-4)24-17-9-8-16-22(2)3/h5-7,10-15H,1,8-9,16-17H2,2-4H3. The highest BCUT2D eigenvalue weighted by Gasteiger charge is 2.17. The summed E-state index contributed by atoms with van der Waals surface area (Å²) in [6.07, 6.45) is 2.19. The monoisotopic (exact) mass is 354 g/mol. The van der Waals surface area contributed by atoms with Gasteiger partial charge in [-0.3, -0.25) is 0 Å². The highest BCUT2D eigenvalue weighted by molar-refractivity contribution is 6.61. The Kier molecular flexibility index (Phi) is 8.08. The van der Waals surface area contributed by atoms with E-state index in [1.807, 2.05) is 18.2 Å². The molecular formula is C21H28NO2Si. The summed E-state index contributed by atoms with van der Waals surface area (Å²) in [4.78, 5) is 2.19. The first-order valence-corrected chi connectivity index (χ1v) is 9.97. The van der Waals surface area contributed by atoms with Crippen LogP contribution >= 0.6 is 0 Å². The van der Waals surface area contributed by atoms with Crippen LogP contribution in [0.2, 0.25) is 0 Å². The SMILES string of the molecule is C=C(c1ccccc1)c1ccc([Si](OC)OCCCCN(C)C)cc1. The Balaban J connectivity index is 1.92. The van der Waals surface area contributed by atoms with Crippen molar-refractivity contribution in [2.24, 2.45) is 0 Å². The first-order chi connectivity index (χ1) is 12.1. The average Bonchev–Trinajstić information content (AvgIpc) is 2.65. The summed E-state index contributed by atoms with van der Waals surface area (Å²) >= 11 is 0. The first kappa shape index (κ1) is 19.6. The fourth-order valence-corrected chi connectivity index (χ4v) is 3.86. The van der Waals surface area contributed by atoms with Crippen LogP contribution in [0.5, 0.6) is 0 Å². The van der Waals surface area contributed by atoms with Crippen LogP contribution in [0.1, 0.15) is 24.0 Å². The molecule has 0 amide bonds. The molecule has 0 fully saturated rings. The molecule has 0 N–H and O–H groups in total. The summed E-state index contributed by atoms with van der Waals surface area (Å²) in [7, 11) is 4.50. The number of unbranched alkanes of at least 4 members (excludes halogenated alkanes) is 1. The van der Waals surface area contributed by atoms with E-state index in [1.165, 1.54) is 0 Å². The second-order valence-electron chi connectivity index (χ2n) is 6.27. The highest BCUT2D eigenvalue weighted by Crippen LogP contribution is 2.20. The smallest absolute Gasteiger partial charge is 0.393 e. The van der Waals surface area contributed by atoms with Crippen molar-refractivity contribution in [3.63, 3.8) is 0 Å². The third-order valence-corrected chi connectivity index (χ3v) is 5.65. The molecule has 0 heterocycles. The van der Waals surface area contributed by atoms with Gasteiger partial charge in [0.05, 0.1) is 0 Å². The summed E-state index contributed by atoms with van der Waals surface area (Å²) in [6, 6.07) is 18.6.